The van der Waals surface area contributed by atoms with Gasteiger partial charge in [-0.25, -0.2) is 4.98 Å². The fraction of sp³-hybridized carbons (Fsp3) is 0.188. The second kappa shape index (κ2) is 5.06. The molecule has 112 valence electrons. The zero-order valence-electron chi connectivity index (χ0n) is 12.1. The van der Waals surface area contributed by atoms with Gasteiger partial charge in [-0.3, -0.25) is 0 Å². The smallest absolute Gasteiger partial charge is 0.231 e. The van der Waals surface area contributed by atoms with Crippen LogP contribution in [-0.4, -0.2) is 26.0 Å². The number of thiazole rings is 1. The van der Waals surface area contributed by atoms with Crippen LogP contribution in [0.5, 0.6) is 23.0 Å². The monoisotopic (exact) mass is 315 g/mol. The number of hydrogen-bond acceptors (Lipinski definition) is 6. The SMILES string of the molecule is COc1ccc(-c2nc3cc4c(cc3s2)OCO4)cc1OC. The highest BCUT2D eigenvalue weighted by Crippen LogP contribution is 2.41. The fourth-order valence-electron chi connectivity index (χ4n) is 2.41. The Bertz CT molecular complexity index is 818. The quantitative estimate of drug-likeness (QED) is 0.737. The van der Waals surface area contributed by atoms with Gasteiger partial charge >= 0.3 is 0 Å². The third-order valence-electron chi connectivity index (χ3n) is 3.51. The van der Waals surface area contributed by atoms with E-state index in [1.165, 1.54) is 0 Å². The molecule has 0 saturated heterocycles. The first-order valence-corrected chi connectivity index (χ1v) is 7.53. The molecule has 2 aromatic carbocycles. The molecular formula is C16H13NO4S. The molecule has 0 radical (unpaired) electrons. The second-order valence-corrected chi connectivity index (χ2v) is 5.79. The van der Waals surface area contributed by atoms with Crippen molar-refractivity contribution in [3.8, 4) is 33.6 Å². The predicted molar refractivity (Wildman–Crippen MR) is 84.3 cm³/mol. The minimum absolute atomic E-state index is 0.273. The summed E-state index contributed by atoms with van der Waals surface area (Å²) in [5, 5.41) is 0.916. The molecule has 0 saturated carbocycles. The number of hydrogen-bond donors (Lipinski definition) is 0. The number of methoxy groups -OCH3 is 2. The molecule has 1 aromatic heterocycles. The molecule has 1 aliphatic heterocycles. The van der Waals surface area contributed by atoms with Crippen molar-refractivity contribution in [2.75, 3.05) is 21.0 Å². The van der Waals surface area contributed by atoms with E-state index in [2.05, 4.69) is 4.98 Å². The summed E-state index contributed by atoms with van der Waals surface area (Å²) >= 11 is 1.61. The Kier molecular flexibility index (Phi) is 3.04. The van der Waals surface area contributed by atoms with Crippen molar-refractivity contribution in [3.63, 3.8) is 0 Å². The van der Waals surface area contributed by atoms with Gasteiger partial charge in [0.05, 0.1) is 24.4 Å². The molecule has 0 spiro atoms. The van der Waals surface area contributed by atoms with Gasteiger partial charge in [-0.15, -0.1) is 11.3 Å². The summed E-state index contributed by atoms with van der Waals surface area (Å²) in [6, 6.07) is 9.67. The van der Waals surface area contributed by atoms with Gasteiger partial charge in [0.2, 0.25) is 6.79 Å². The van der Waals surface area contributed by atoms with E-state index in [1.54, 1.807) is 25.6 Å². The minimum Gasteiger partial charge on any atom is -0.493 e. The van der Waals surface area contributed by atoms with Gasteiger partial charge in [0, 0.05) is 17.7 Å². The summed E-state index contributed by atoms with van der Waals surface area (Å²) in [6.07, 6.45) is 0. The summed E-state index contributed by atoms with van der Waals surface area (Å²) < 4.78 is 22.5. The van der Waals surface area contributed by atoms with Gasteiger partial charge < -0.3 is 18.9 Å². The van der Waals surface area contributed by atoms with Crippen LogP contribution in [-0.2, 0) is 0 Å². The molecule has 1 aliphatic rings. The lowest BCUT2D eigenvalue weighted by Crippen LogP contribution is -1.92. The highest BCUT2D eigenvalue weighted by atomic mass is 32.1. The van der Waals surface area contributed by atoms with Crippen LogP contribution in [0, 0.1) is 0 Å². The van der Waals surface area contributed by atoms with E-state index in [4.69, 9.17) is 18.9 Å². The van der Waals surface area contributed by atoms with Crippen LogP contribution < -0.4 is 18.9 Å². The number of nitrogens with zero attached hydrogens (tertiary/aromatic N) is 1. The van der Waals surface area contributed by atoms with E-state index in [9.17, 15) is 0 Å². The Labute approximate surface area is 131 Å². The molecule has 0 bridgehead atoms. The van der Waals surface area contributed by atoms with E-state index < -0.39 is 0 Å². The molecule has 0 amide bonds. The molecule has 22 heavy (non-hydrogen) atoms. The zero-order chi connectivity index (χ0) is 15.1. The van der Waals surface area contributed by atoms with E-state index in [0.717, 1.165) is 32.3 Å². The third kappa shape index (κ3) is 2.03. The molecule has 5 nitrogen and oxygen atoms in total. The number of aromatic nitrogens is 1. The molecule has 0 aliphatic carbocycles. The standard InChI is InChI=1S/C16H13NO4S/c1-18-11-4-3-9(5-12(11)19-2)16-17-10-6-13-14(21-8-20-13)7-15(10)22-16/h3-7H,8H2,1-2H3. The second-order valence-electron chi connectivity index (χ2n) is 4.76. The van der Waals surface area contributed by atoms with Gasteiger partial charge in [0.15, 0.2) is 23.0 Å². The lowest BCUT2D eigenvalue weighted by Gasteiger charge is -2.08. The zero-order valence-corrected chi connectivity index (χ0v) is 12.9. The number of fused-ring (bicyclic) bond motifs is 2. The van der Waals surface area contributed by atoms with Gasteiger partial charge in [-0.05, 0) is 18.2 Å². The maximum Gasteiger partial charge on any atom is 0.231 e. The maximum atomic E-state index is 5.41. The van der Waals surface area contributed by atoms with Crippen molar-refractivity contribution < 1.29 is 18.9 Å². The molecule has 0 atom stereocenters. The molecule has 0 unspecified atom stereocenters. The topological polar surface area (TPSA) is 49.8 Å². The summed E-state index contributed by atoms with van der Waals surface area (Å²) in [4.78, 5) is 4.68. The average Bonchev–Trinajstić information content (AvgIpc) is 3.17. The van der Waals surface area contributed by atoms with Crippen LogP contribution in [0.15, 0.2) is 30.3 Å². The van der Waals surface area contributed by atoms with Gasteiger partial charge in [0.25, 0.3) is 0 Å². The van der Waals surface area contributed by atoms with E-state index in [-0.39, 0.29) is 6.79 Å². The van der Waals surface area contributed by atoms with Crippen LogP contribution in [0.2, 0.25) is 0 Å². The highest BCUT2D eigenvalue weighted by molar-refractivity contribution is 7.21. The Hall–Kier alpha value is -2.47. The molecule has 3 aromatic rings. The lowest BCUT2D eigenvalue weighted by molar-refractivity contribution is 0.174. The van der Waals surface area contributed by atoms with Gasteiger partial charge in [0.1, 0.15) is 5.01 Å². The predicted octanol–water partition coefficient (Wildman–Crippen LogP) is 3.71. The van der Waals surface area contributed by atoms with Crippen molar-refractivity contribution in [1.82, 2.24) is 4.98 Å². The molecular weight excluding hydrogens is 302 g/mol. The first kappa shape index (κ1) is 13.2. The summed E-state index contributed by atoms with van der Waals surface area (Å²) in [5.41, 5.74) is 1.89. The Morgan fingerprint density at radius 1 is 1.00 bits per heavy atom. The fourth-order valence-corrected chi connectivity index (χ4v) is 3.38. The van der Waals surface area contributed by atoms with E-state index in [0.29, 0.717) is 11.5 Å². The normalized spacial score (nSPS) is 12.6. The average molecular weight is 315 g/mol. The Balaban J connectivity index is 1.81. The van der Waals surface area contributed by atoms with Gasteiger partial charge in [-0.1, -0.05) is 0 Å². The van der Waals surface area contributed by atoms with Crippen molar-refractivity contribution in [2.45, 2.75) is 0 Å². The number of benzene rings is 2. The van der Waals surface area contributed by atoms with E-state index >= 15 is 0 Å². The van der Waals surface area contributed by atoms with Crippen LogP contribution >= 0.6 is 11.3 Å². The largest absolute Gasteiger partial charge is 0.493 e. The van der Waals surface area contributed by atoms with Crippen LogP contribution in [0.25, 0.3) is 20.8 Å². The van der Waals surface area contributed by atoms with Crippen molar-refractivity contribution >= 4 is 21.6 Å². The summed E-state index contributed by atoms with van der Waals surface area (Å²) in [6.45, 7) is 0.273. The Morgan fingerprint density at radius 3 is 2.55 bits per heavy atom. The highest BCUT2D eigenvalue weighted by Gasteiger charge is 2.17. The molecule has 2 heterocycles. The summed E-state index contributed by atoms with van der Waals surface area (Å²) in [7, 11) is 3.25. The van der Waals surface area contributed by atoms with Crippen LogP contribution in [0.3, 0.4) is 0 Å². The molecule has 0 fully saturated rings. The van der Waals surface area contributed by atoms with Crippen LogP contribution in [0.1, 0.15) is 0 Å². The first-order chi connectivity index (χ1) is 10.8. The molecule has 4 rings (SSSR count). The summed E-state index contributed by atoms with van der Waals surface area (Å²) in [5.74, 6) is 2.91. The third-order valence-corrected chi connectivity index (χ3v) is 4.58. The van der Waals surface area contributed by atoms with E-state index in [1.807, 2.05) is 30.3 Å². The maximum absolute atomic E-state index is 5.41. The van der Waals surface area contributed by atoms with Crippen molar-refractivity contribution in [3.05, 3.63) is 30.3 Å². The lowest BCUT2D eigenvalue weighted by atomic mass is 10.2. The molecule has 6 heteroatoms. The first-order valence-electron chi connectivity index (χ1n) is 6.71. The van der Waals surface area contributed by atoms with Crippen LogP contribution in [0.4, 0.5) is 0 Å². The number of ether oxygens (including phenoxy) is 4. The number of rotatable bonds is 3. The molecule has 0 N–H and O–H groups in total. The minimum atomic E-state index is 0.273. The Morgan fingerprint density at radius 2 is 1.77 bits per heavy atom. The van der Waals surface area contributed by atoms with Gasteiger partial charge in [-0.2, -0.15) is 0 Å². The van der Waals surface area contributed by atoms with Crippen molar-refractivity contribution in [2.24, 2.45) is 0 Å². The van der Waals surface area contributed by atoms with Crippen molar-refractivity contribution in [1.29, 1.82) is 0 Å².